The molecule has 0 aliphatic carbocycles. The zero-order chi connectivity index (χ0) is 12.3. The third-order valence-corrected chi connectivity index (χ3v) is 1.94. The minimum Gasteiger partial charge on any atom is -0.490 e. The quantitative estimate of drug-likeness (QED) is 0.455. The van der Waals surface area contributed by atoms with Crippen LogP contribution in [-0.4, -0.2) is 24.2 Å². The van der Waals surface area contributed by atoms with Gasteiger partial charge in [-0.2, -0.15) is 0 Å². The predicted octanol–water partition coefficient (Wildman–Crippen LogP) is 0.515. The zero-order valence-electron chi connectivity index (χ0n) is 8.30. The van der Waals surface area contributed by atoms with Crippen molar-refractivity contribution in [1.82, 2.24) is 0 Å². The number of hydrogen-bond acceptors (Lipinski definition) is 5. The van der Waals surface area contributed by atoms with Crippen molar-refractivity contribution in [2.45, 2.75) is 0 Å². The van der Waals surface area contributed by atoms with Gasteiger partial charge in [0.25, 0.3) is 0 Å². The van der Waals surface area contributed by atoms with E-state index < -0.39 is 16.5 Å². The van der Waals surface area contributed by atoms with Gasteiger partial charge in [0.1, 0.15) is 0 Å². The van der Waals surface area contributed by atoms with Crippen molar-refractivity contribution in [2.24, 2.45) is 5.73 Å². The van der Waals surface area contributed by atoms with Crippen LogP contribution < -0.4 is 10.5 Å². The van der Waals surface area contributed by atoms with Crippen molar-refractivity contribution >= 4 is 17.9 Å². The Morgan fingerprint density at radius 1 is 1.56 bits per heavy atom. The minimum absolute atomic E-state index is 0.0463. The lowest BCUT2D eigenvalue weighted by atomic mass is 10.1. The van der Waals surface area contributed by atoms with Crippen LogP contribution in [0.4, 0.5) is 5.69 Å². The van der Waals surface area contributed by atoms with E-state index in [4.69, 9.17) is 10.5 Å². The van der Waals surface area contributed by atoms with Crippen LogP contribution in [0.2, 0.25) is 0 Å². The van der Waals surface area contributed by atoms with Crippen LogP contribution in [0.15, 0.2) is 12.1 Å². The van der Waals surface area contributed by atoms with Crippen LogP contribution in [0.3, 0.4) is 0 Å². The fourth-order valence-corrected chi connectivity index (χ4v) is 1.20. The Morgan fingerprint density at radius 3 is 2.56 bits per heavy atom. The van der Waals surface area contributed by atoms with Crippen LogP contribution in [0, 0.1) is 10.1 Å². The molecule has 16 heavy (non-hydrogen) atoms. The molecule has 7 nitrogen and oxygen atoms in total. The molecule has 0 atom stereocenters. The van der Waals surface area contributed by atoms with Gasteiger partial charge in [0.2, 0.25) is 5.91 Å². The van der Waals surface area contributed by atoms with Crippen LogP contribution in [-0.2, 0) is 0 Å². The molecule has 0 radical (unpaired) electrons. The van der Waals surface area contributed by atoms with Crippen LogP contribution >= 0.6 is 0 Å². The Bertz CT molecular complexity index is 469. The Hall–Kier alpha value is -2.44. The predicted molar refractivity (Wildman–Crippen MR) is 53.6 cm³/mol. The van der Waals surface area contributed by atoms with Gasteiger partial charge in [-0.05, 0) is 6.07 Å². The van der Waals surface area contributed by atoms with E-state index in [9.17, 15) is 19.7 Å². The van der Waals surface area contributed by atoms with E-state index in [0.717, 1.165) is 12.1 Å². The fourth-order valence-electron chi connectivity index (χ4n) is 1.20. The van der Waals surface area contributed by atoms with Crippen molar-refractivity contribution in [3.05, 3.63) is 33.4 Å². The molecule has 2 N–H and O–H groups in total. The number of primary amides is 1. The number of nitrogens with two attached hydrogens (primary N) is 1. The van der Waals surface area contributed by atoms with Gasteiger partial charge in [0, 0.05) is 11.6 Å². The highest BCUT2D eigenvalue weighted by Crippen LogP contribution is 2.29. The van der Waals surface area contributed by atoms with Gasteiger partial charge in [-0.25, -0.2) is 0 Å². The van der Waals surface area contributed by atoms with Crippen molar-refractivity contribution in [3.8, 4) is 5.75 Å². The largest absolute Gasteiger partial charge is 0.490 e. The van der Waals surface area contributed by atoms with Crippen LogP contribution in [0.25, 0.3) is 0 Å². The topological polar surface area (TPSA) is 113 Å². The standard InChI is InChI=1S/C9H8N2O5/c1-16-8-2-5(4-12)6(9(10)13)3-7(8)11(14)15/h2-4H,1H3,(H2,10,13). The average Bonchev–Trinajstić information content (AvgIpc) is 2.26. The third-order valence-electron chi connectivity index (χ3n) is 1.94. The first-order valence-corrected chi connectivity index (χ1v) is 4.12. The summed E-state index contributed by atoms with van der Waals surface area (Å²) in [4.78, 5) is 31.5. The van der Waals surface area contributed by atoms with Gasteiger partial charge in [-0.3, -0.25) is 19.7 Å². The van der Waals surface area contributed by atoms with E-state index in [2.05, 4.69) is 0 Å². The zero-order valence-corrected chi connectivity index (χ0v) is 8.30. The molecular weight excluding hydrogens is 216 g/mol. The number of rotatable bonds is 4. The first-order valence-electron chi connectivity index (χ1n) is 4.12. The summed E-state index contributed by atoms with van der Waals surface area (Å²) in [6.45, 7) is 0. The number of nitro groups is 1. The molecule has 1 aromatic rings. The normalized spacial score (nSPS) is 9.56. The number of nitro benzene ring substituents is 1. The number of carbonyl (C=O) groups is 2. The lowest BCUT2D eigenvalue weighted by Gasteiger charge is -2.05. The SMILES string of the molecule is COc1cc(C=O)c(C(N)=O)cc1[N+](=O)[O-]. The Kier molecular flexibility index (Phi) is 3.19. The second-order valence-corrected chi connectivity index (χ2v) is 2.85. The maximum Gasteiger partial charge on any atom is 0.311 e. The Morgan fingerprint density at radius 2 is 2.19 bits per heavy atom. The van der Waals surface area contributed by atoms with Gasteiger partial charge in [-0.1, -0.05) is 0 Å². The summed E-state index contributed by atoms with van der Waals surface area (Å²) in [5.41, 5.74) is 4.32. The molecule has 0 unspecified atom stereocenters. The van der Waals surface area contributed by atoms with Crippen molar-refractivity contribution < 1.29 is 19.2 Å². The molecule has 7 heteroatoms. The van der Waals surface area contributed by atoms with Gasteiger partial charge in [0.15, 0.2) is 12.0 Å². The molecule has 1 rings (SSSR count). The third kappa shape index (κ3) is 1.97. The first-order chi connectivity index (χ1) is 7.51. The second kappa shape index (κ2) is 4.39. The van der Waals surface area contributed by atoms with Gasteiger partial charge >= 0.3 is 5.69 Å². The molecule has 1 aromatic carbocycles. The maximum absolute atomic E-state index is 11.0. The molecule has 0 saturated heterocycles. The highest BCUT2D eigenvalue weighted by molar-refractivity contribution is 6.01. The highest BCUT2D eigenvalue weighted by Gasteiger charge is 2.20. The summed E-state index contributed by atoms with van der Waals surface area (Å²) in [5.74, 6) is -1.01. The summed E-state index contributed by atoms with van der Waals surface area (Å²) in [6.07, 6.45) is 0.381. The van der Waals surface area contributed by atoms with Crippen molar-refractivity contribution in [3.63, 3.8) is 0 Å². The molecule has 84 valence electrons. The smallest absolute Gasteiger partial charge is 0.311 e. The van der Waals surface area contributed by atoms with E-state index in [1.54, 1.807) is 0 Å². The van der Waals surface area contributed by atoms with E-state index >= 15 is 0 Å². The molecule has 0 aromatic heterocycles. The van der Waals surface area contributed by atoms with E-state index in [1.807, 2.05) is 0 Å². The van der Waals surface area contributed by atoms with Gasteiger partial charge < -0.3 is 10.5 Å². The molecule has 1 amide bonds. The van der Waals surface area contributed by atoms with Crippen molar-refractivity contribution in [1.29, 1.82) is 0 Å². The minimum atomic E-state index is -0.909. The van der Waals surface area contributed by atoms with E-state index in [0.29, 0.717) is 6.29 Å². The maximum atomic E-state index is 11.0. The van der Waals surface area contributed by atoms with Gasteiger partial charge in [-0.15, -0.1) is 0 Å². The molecule has 0 fully saturated rings. The summed E-state index contributed by atoms with van der Waals surface area (Å²) >= 11 is 0. The van der Waals surface area contributed by atoms with Crippen LogP contribution in [0.5, 0.6) is 5.75 Å². The molecule has 0 spiro atoms. The number of aldehydes is 1. The number of methoxy groups -OCH3 is 1. The number of amides is 1. The summed E-state index contributed by atoms with van der Waals surface area (Å²) in [6, 6.07) is 2.02. The summed E-state index contributed by atoms with van der Waals surface area (Å²) in [7, 11) is 1.22. The number of benzene rings is 1. The van der Waals surface area contributed by atoms with Gasteiger partial charge in [0.05, 0.1) is 17.6 Å². The number of hydrogen-bond donors (Lipinski definition) is 1. The lowest BCUT2D eigenvalue weighted by molar-refractivity contribution is -0.385. The molecule has 0 saturated carbocycles. The van der Waals surface area contributed by atoms with Crippen LogP contribution in [0.1, 0.15) is 20.7 Å². The molecule has 0 aliphatic rings. The molecule has 0 heterocycles. The Labute approximate surface area is 90.0 Å². The molecule has 0 bridgehead atoms. The number of carbonyl (C=O) groups excluding carboxylic acids is 2. The second-order valence-electron chi connectivity index (χ2n) is 2.85. The first kappa shape index (κ1) is 11.6. The number of ether oxygens (including phenoxy) is 1. The summed E-state index contributed by atoms with van der Waals surface area (Å²) < 4.78 is 4.73. The monoisotopic (exact) mass is 224 g/mol. The Balaban J connectivity index is 3.52. The van der Waals surface area contributed by atoms with E-state index in [-0.39, 0.29) is 16.9 Å². The molecular formula is C9H8N2O5. The summed E-state index contributed by atoms with van der Waals surface area (Å²) in [5, 5.41) is 10.6. The highest BCUT2D eigenvalue weighted by atomic mass is 16.6. The average molecular weight is 224 g/mol. The number of nitrogens with zero attached hydrogens (tertiary/aromatic N) is 1. The molecule has 0 aliphatic heterocycles. The van der Waals surface area contributed by atoms with E-state index in [1.165, 1.54) is 7.11 Å². The lowest BCUT2D eigenvalue weighted by Crippen LogP contribution is -2.14. The fraction of sp³-hybridized carbons (Fsp3) is 0.111. The van der Waals surface area contributed by atoms with Crippen molar-refractivity contribution in [2.75, 3.05) is 7.11 Å².